The maximum absolute atomic E-state index is 12.1. The van der Waals surface area contributed by atoms with E-state index in [1.807, 2.05) is 42.5 Å². The summed E-state index contributed by atoms with van der Waals surface area (Å²) < 4.78 is 0.823. The number of benzene rings is 3. The number of carbonyl (C=O) groups is 1. The van der Waals surface area contributed by atoms with E-state index < -0.39 is 0 Å². The minimum absolute atomic E-state index is 0.102. The van der Waals surface area contributed by atoms with Crippen molar-refractivity contribution in [3.8, 4) is 5.75 Å². The van der Waals surface area contributed by atoms with Gasteiger partial charge < -0.3 is 5.11 Å². The van der Waals surface area contributed by atoms with Crippen molar-refractivity contribution in [1.29, 1.82) is 0 Å². The van der Waals surface area contributed by atoms with Crippen molar-refractivity contribution < 1.29 is 9.90 Å². The van der Waals surface area contributed by atoms with Gasteiger partial charge in [0.15, 0.2) is 0 Å². The molecular weight excluding hydrogens is 368 g/mol. The number of amides is 1. The minimum Gasteiger partial charge on any atom is -0.507 e. The van der Waals surface area contributed by atoms with Crippen LogP contribution in [0.4, 0.5) is 0 Å². The molecule has 0 fully saturated rings. The van der Waals surface area contributed by atoms with Crippen molar-refractivity contribution in [2.45, 2.75) is 6.42 Å². The van der Waals surface area contributed by atoms with E-state index in [1.54, 1.807) is 18.2 Å². The maximum atomic E-state index is 12.1. The van der Waals surface area contributed by atoms with E-state index in [4.69, 9.17) is 0 Å². The van der Waals surface area contributed by atoms with Crippen LogP contribution in [0.1, 0.15) is 11.1 Å². The Balaban J connectivity index is 1.69. The average molecular weight is 383 g/mol. The summed E-state index contributed by atoms with van der Waals surface area (Å²) in [6, 6.07) is 18.8. The quantitative estimate of drug-likeness (QED) is 0.529. The zero-order chi connectivity index (χ0) is 16.9. The molecule has 0 heterocycles. The van der Waals surface area contributed by atoms with Crippen molar-refractivity contribution >= 4 is 38.8 Å². The lowest BCUT2D eigenvalue weighted by Gasteiger charge is -2.05. The molecule has 0 aliphatic carbocycles. The maximum Gasteiger partial charge on any atom is 0.244 e. The fourth-order valence-electron chi connectivity index (χ4n) is 2.46. The number of halogens is 1. The molecule has 0 atom stereocenters. The molecular formula is C19H15BrN2O2. The van der Waals surface area contributed by atoms with Gasteiger partial charge in [-0.25, -0.2) is 5.43 Å². The Morgan fingerprint density at radius 3 is 2.79 bits per heavy atom. The minimum atomic E-state index is -0.211. The molecule has 0 unspecified atom stereocenters. The second-order valence-electron chi connectivity index (χ2n) is 5.31. The van der Waals surface area contributed by atoms with Gasteiger partial charge in [0, 0.05) is 10.0 Å². The summed E-state index contributed by atoms with van der Waals surface area (Å²) in [6.45, 7) is 0. The van der Waals surface area contributed by atoms with E-state index in [1.165, 1.54) is 6.21 Å². The number of hydrazone groups is 1. The normalized spacial score (nSPS) is 11.0. The second kappa shape index (κ2) is 7.27. The van der Waals surface area contributed by atoms with Crippen LogP contribution in [0.3, 0.4) is 0 Å². The van der Waals surface area contributed by atoms with Gasteiger partial charge in [0.05, 0.1) is 12.6 Å². The summed E-state index contributed by atoms with van der Waals surface area (Å²) >= 11 is 3.32. The second-order valence-corrected chi connectivity index (χ2v) is 6.23. The largest absolute Gasteiger partial charge is 0.507 e. The van der Waals surface area contributed by atoms with E-state index in [9.17, 15) is 9.90 Å². The molecule has 120 valence electrons. The van der Waals surface area contributed by atoms with Gasteiger partial charge >= 0.3 is 0 Å². The molecule has 2 N–H and O–H groups in total. The highest BCUT2D eigenvalue weighted by atomic mass is 79.9. The molecule has 0 aliphatic heterocycles. The number of phenolic OH excluding ortho intramolecular Hbond substituents is 1. The third-order valence-electron chi connectivity index (χ3n) is 3.61. The highest BCUT2D eigenvalue weighted by Crippen LogP contribution is 2.20. The molecule has 0 aromatic heterocycles. The van der Waals surface area contributed by atoms with Gasteiger partial charge in [-0.15, -0.1) is 0 Å². The number of nitrogens with one attached hydrogen (secondary N) is 1. The van der Waals surface area contributed by atoms with E-state index in [0.29, 0.717) is 5.56 Å². The fraction of sp³-hybridized carbons (Fsp3) is 0.0526. The smallest absolute Gasteiger partial charge is 0.244 e. The first kappa shape index (κ1) is 16.2. The summed E-state index contributed by atoms with van der Waals surface area (Å²) in [5, 5.41) is 15.8. The number of hydrogen-bond acceptors (Lipinski definition) is 3. The van der Waals surface area contributed by atoms with E-state index in [2.05, 4.69) is 26.5 Å². The molecule has 0 aliphatic rings. The van der Waals surface area contributed by atoms with E-state index in [0.717, 1.165) is 20.8 Å². The summed E-state index contributed by atoms with van der Waals surface area (Å²) in [7, 11) is 0. The van der Waals surface area contributed by atoms with Gasteiger partial charge in [-0.2, -0.15) is 5.10 Å². The lowest BCUT2D eigenvalue weighted by atomic mass is 10.0. The Bertz CT molecular complexity index is 917. The third kappa shape index (κ3) is 3.81. The highest BCUT2D eigenvalue weighted by Gasteiger charge is 2.06. The Morgan fingerprint density at radius 1 is 1.12 bits per heavy atom. The van der Waals surface area contributed by atoms with Crippen LogP contribution >= 0.6 is 15.9 Å². The first-order valence-electron chi connectivity index (χ1n) is 7.40. The summed E-state index contributed by atoms with van der Waals surface area (Å²) in [4.78, 5) is 12.1. The monoisotopic (exact) mass is 382 g/mol. The molecule has 3 rings (SSSR count). The zero-order valence-corrected chi connectivity index (χ0v) is 14.3. The highest BCUT2D eigenvalue weighted by molar-refractivity contribution is 9.10. The Labute approximate surface area is 148 Å². The molecule has 24 heavy (non-hydrogen) atoms. The van der Waals surface area contributed by atoms with Crippen molar-refractivity contribution in [3.05, 3.63) is 76.3 Å². The molecule has 5 heteroatoms. The van der Waals surface area contributed by atoms with Crippen molar-refractivity contribution in [1.82, 2.24) is 5.43 Å². The molecule has 0 saturated heterocycles. The van der Waals surface area contributed by atoms with Crippen LogP contribution < -0.4 is 5.43 Å². The number of carbonyl (C=O) groups excluding carboxylic acids is 1. The molecule has 0 bridgehead atoms. The number of phenols is 1. The lowest BCUT2D eigenvalue weighted by molar-refractivity contribution is -0.120. The third-order valence-corrected chi connectivity index (χ3v) is 4.11. The number of hydrogen-bond donors (Lipinski definition) is 2. The van der Waals surface area contributed by atoms with Gasteiger partial charge in [-0.1, -0.05) is 58.4 Å². The van der Waals surface area contributed by atoms with Gasteiger partial charge in [0.2, 0.25) is 5.91 Å². The molecule has 4 nitrogen and oxygen atoms in total. The number of fused-ring (bicyclic) bond motifs is 1. The SMILES string of the molecule is O=C(Cc1cccc2ccccc12)N/N=C/c1cc(Br)ccc1O. The van der Waals surface area contributed by atoms with Crippen LogP contribution in [0.15, 0.2) is 70.2 Å². The van der Waals surface area contributed by atoms with E-state index >= 15 is 0 Å². The van der Waals surface area contributed by atoms with Gasteiger partial charge in [-0.3, -0.25) is 4.79 Å². The summed E-state index contributed by atoms with van der Waals surface area (Å²) in [5.74, 6) is -0.109. The fourth-order valence-corrected chi connectivity index (χ4v) is 2.84. The number of aromatic hydroxyl groups is 1. The van der Waals surface area contributed by atoms with Crippen molar-refractivity contribution in [2.24, 2.45) is 5.10 Å². The zero-order valence-electron chi connectivity index (χ0n) is 12.7. The summed E-state index contributed by atoms with van der Waals surface area (Å²) in [5.41, 5.74) is 3.97. The topological polar surface area (TPSA) is 61.7 Å². The number of rotatable bonds is 4. The van der Waals surface area contributed by atoms with Crippen LogP contribution in [-0.4, -0.2) is 17.2 Å². The predicted octanol–water partition coefficient (Wildman–Crippen LogP) is 4.00. The van der Waals surface area contributed by atoms with Crippen LogP contribution in [0.2, 0.25) is 0 Å². The standard InChI is InChI=1S/C19H15BrN2O2/c20-16-8-9-18(23)15(10-16)12-21-22-19(24)11-14-6-3-5-13-4-1-2-7-17(13)14/h1-10,12,23H,11H2,(H,22,24)/b21-12+. The molecule has 3 aromatic rings. The predicted molar refractivity (Wildman–Crippen MR) is 99.2 cm³/mol. The van der Waals surface area contributed by atoms with Gasteiger partial charge in [0.1, 0.15) is 5.75 Å². The molecule has 3 aromatic carbocycles. The summed E-state index contributed by atoms with van der Waals surface area (Å²) in [6.07, 6.45) is 1.66. The average Bonchev–Trinajstić information content (AvgIpc) is 2.58. The van der Waals surface area contributed by atoms with Crippen LogP contribution in [-0.2, 0) is 11.2 Å². The Kier molecular flexibility index (Phi) is 4.91. The van der Waals surface area contributed by atoms with Gasteiger partial charge in [0.25, 0.3) is 0 Å². The first-order chi connectivity index (χ1) is 11.6. The molecule has 0 saturated carbocycles. The number of nitrogens with zero attached hydrogens (tertiary/aromatic N) is 1. The molecule has 0 spiro atoms. The first-order valence-corrected chi connectivity index (χ1v) is 8.20. The lowest BCUT2D eigenvalue weighted by Crippen LogP contribution is -2.19. The van der Waals surface area contributed by atoms with Crippen LogP contribution in [0.25, 0.3) is 10.8 Å². The van der Waals surface area contributed by atoms with Crippen LogP contribution in [0.5, 0.6) is 5.75 Å². The Hall–Kier alpha value is -2.66. The van der Waals surface area contributed by atoms with E-state index in [-0.39, 0.29) is 18.1 Å². The van der Waals surface area contributed by atoms with Crippen LogP contribution in [0, 0.1) is 0 Å². The molecule has 0 radical (unpaired) electrons. The van der Waals surface area contributed by atoms with Crippen molar-refractivity contribution in [2.75, 3.05) is 0 Å². The van der Waals surface area contributed by atoms with Crippen molar-refractivity contribution in [3.63, 3.8) is 0 Å². The Morgan fingerprint density at radius 2 is 1.92 bits per heavy atom. The van der Waals surface area contributed by atoms with Gasteiger partial charge in [-0.05, 0) is 34.5 Å². The molecule has 1 amide bonds.